The van der Waals surface area contributed by atoms with Crippen molar-refractivity contribution in [3.63, 3.8) is 0 Å². The third kappa shape index (κ3) is 4.64. The number of hydrogen-bond acceptors (Lipinski definition) is 5. The van der Waals surface area contributed by atoms with Gasteiger partial charge in [-0.25, -0.2) is 4.79 Å². The Labute approximate surface area is 182 Å². The molecule has 1 aliphatic rings. The van der Waals surface area contributed by atoms with E-state index in [0.717, 1.165) is 30.1 Å². The maximum absolute atomic E-state index is 13.0. The summed E-state index contributed by atoms with van der Waals surface area (Å²) in [7, 11) is 0. The number of amides is 2. The standard InChI is InChI=1S/C23H30N6O2/c1-15(2)21(22-27-26-20-11-7-8-12-29(20)22)25-23(30)24-18-9-5-6-10-19(18)28-13-16(3)31-17(4)14-28/h5-12,15-17,21H,13-14H2,1-4H3,(H2,24,25,30). The highest BCUT2D eigenvalue weighted by atomic mass is 16.5. The number of para-hydroxylation sites is 2. The average Bonchev–Trinajstić information content (AvgIpc) is 3.15. The molecule has 3 atom stereocenters. The topological polar surface area (TPSA) is 83.8 Å². The number of carbonyl (C=O) groups is 1. The maximum Gasteiger partial charge on any atom is 0.319 e. The molecule has 3 heterocycles. The number of benzene rings is 1. The number of nitrogens with one attached hydrogen (secondary N) is 2. The Hall–Kier alpha value is -3.13. The number of hydrogen-bond donors (Lipinski definition) is 2. The summed E-state index contributed by atoms with van der Waals surface area (Å²) in [5.74, 6) is 0.847. The molecule has 8 heteroatoms. The van der Waals surface area contributed by atoms with Gasteiger partial charge >= 0.3 is 6.03 Å². The second kappa shape index (κ2) is 8.93. The van der Waals surface area contributed by atoms with Crippen LogP contribution in [0.3, 0.4) is 0 Å². The Morgan fingerprint density at radius 1 is 1.06 bits per heavy atom. The Kier molecular flexibility index (Phi) is 6.08. The molecule has 8 nitrogen and oxygen atoms in total. The second-order valence-electron chi connectivity index (χ2n) is 8.49. The van der Waals surface area contributed by atoms with Crippen molar-refractivity contribution < 1.29 is 9.53 Å². The molecule has 1 saturated heterocycles. The van der Waals surface area contributed by atoms with Crippen LogP contribution in [-0.2, 0) is 4.74 Å². The van der Waals surface area contributed by atoms with E-state index in [9.17, 15) is 4.79 Å². The molecule has 0 spiro atoms. The zero-order valence-electron chi connectivity index (χ0n) is 18.4. The number of fused-ring (bicyclic) bond motifs is 1. The number of rotatable bonds is 5. The van der Waals surface area contributed by atoms with E-state index in [2.05, 4.69) is 53.4 Å². The quantitative estimate of drug-likeness (QED) is 0.652. The second-order valence-corrected chi connectivity index (χ2v) is 8.49. The van der Waals surface area contributed by atoms with E-state index < -0.39 is 0 Å². The first kappa shape index (κ1) is 21.1. The molecule has 3 aromatic rings. The number of pyridine rings is 1. The SMILES string of the molecule is CC1CN(c2ccccc2NC(=O)NC(c2nnc3ccccn23)C(C)C)CC(C)O1. The normalized spacial score (nSPS) is 20.1. The maximum atomic E-state index is 13.0. The molecule has 2 aromatic heterocycles. The van der Waals surface area contributed by atoms with Gasteiger partial charge in [-0.3, -0.25) is 4.40 Å². The van der Waals surface area contributed by atoms with Gasteiger partial charge in [-0.15, -0.1) is 10.2 Å². The molecule has 2 amide bonds. The van der Waals surface area contributed by atoms with E-state index in [4.69, 9.17) is 4.74 Å². The lowest BCUT2D eigenvalue weighted by Gasteiger charge is -2.37. The van der Waals surface area contributed by atoms with Gasteiger partial charge in [0.25, 0.3) is 0 Å². The Balaban J connectivity index is 1.53. The van der Waals surface area contributed by atoms with Crippen molar-refractivity contribution in [2.45, 2.75) is 45.9 Å². The van der Waals surface area contributed by atoms with Gasteiger partial charge in [0.2, 0.25) is 0 Å². The molecule has 164 valence electrons. The van der Waals surface area contributed by atoms with E-state index in [0.29, 0.717) is 5.82 Å². The molecule has 31 heavy (non-hydrogen) atoms. The lowest BCUT2D eigenvalue weighted by atomic mass is 10.0. The Bertz CT molecular complexity index is 1040. The van der Waals surface area contributed by atoms with E-state index >= 15 is 0 Å². The zero-order chi connectivity index (χ0) is 22.0. The third-order valence-electron chi connectivity index (χ3n) is 5.48. The van der Waals surface area contributed by atoms with Crippen molar-refractivity contribution in [2.75, 3.05) is 23.3 Å². The molecule has 3 unspecified atom stereocenters. The summed E-state index contributed by atoms with van der Waals surface area (Å²) in [6, 6.07) is 13.1. The fourth-order valence-electron chi connectivity index (χ4n) is 4.13. The number of anilines is 2. The highest BCUT2D eigenvalue weighted by Gasteiger charge is 2.26. The van der Waals surface area contributed by atoms with Crippen molar-refractivity contribution in [1.29, 1.82) is 0 Å². The van der Waals surface area contributed by atoms with Crippen LogP contribution < -0.4 is 15.5 Å². The molecule has 0 saturated carbocycles. The number of aromatic nitrogens is 3. The Morgan fingerprint density at radius 3 is 2.52 bits per heavy atom. The van der Waals surface area contributed by atoms with Crippen LogP contribution in [0.25, 0.3) is 5.65 Å². The van der Waals surface area contributed by atoms with Crippen LogP contribution in [0.5, 0.6) is 0 Å². The van der Waals surface area contributed by atoms with Crippen LogP contribution in [0, 0.1) is 5.92 Å². The molecule has 1 fully saturated rings. The fourth-order valence-corrected chi connectivity index (χ4v) is 4.13. The van der Waals surface area contributed by atoms with Gasteiger partial charge in [0.1, 0.15) is 0 Å². The Morgan fingerprint density at radius 2 is 1.77 bits per heavy atom. The number of urea groups is 1. The van der Waals surface area contributed by atoms with Gasteiger partial charge in [0.05, 0.1) is 29.6 Å². The van der Waals surface area contributed by atoms with Crippen LogP contribution in [0.2, 0.25) is 0 Å². The van der Waals surface area contributed by atoms with Crippen molar-refractivity contribution in [2.24, 2.45) is 5.92 Å². The molecular formula is C23H30N6O2. The third-order valence-corrected chi connectivity index (χ3v) is 5.48. The highest BCUT2D eigenvalue weighted by molar-refractivity contribution is 5.93. The fraction of sp³-hybridized carbons (Fsp3) is 0.435. The molecule has 4 rings (SSSR count). The van der Waals surface area contributed by atoms with Gasteiger partial charge in [0, 0.05) is 19.3 Å². The van der Waals surface area contributed by atoms with Crippen molar-refractivity contribution in [3.05, 3.63) is 54.5 Å². The van der Waals surface area contributed by atoms with Crippen LogP contribution in [0.15, 0.2) is 48.7 Å². The van der Waals surface area contributed by atoms with E-state index in [1.807, 2.05) is 53.1 Å². The minimum absolute atomic E-state index is 0.134. The van der Waals surface area contributed by atoms with Crippen molar-refractivity contribution in [1.82, 2.24) is 19.9 Å². The van der Waals surface area contributed by atoms with Gasteiger partial charge in [-0.2, -0.15) is 0 Å². The summed E-state index contributed by atoms with van der Waals surface area (Å²) in [6.07, 6.45) is 2.18. The summed E-state index contributed by atoms with van der Waals surface area (Å²) in [5, 5.41) is 14.7. The van der Waals surface area contributed by atoms with E-state index in [1.54, 1.807) is 0 Å². The summed E-state index contributed by atoms with van der Waals surface area (Å²) < 4.78 is 7.77. The number of ether oxygens (including phenoxy) is 1. The van der Waals surface area contributed by atoms with Crippen LogP contribution in [0.1, 0.15) is 39.6 Å². The first-order valence-electron chi connectivity index (χ1n) is 10.8. The first-order chi connectivity index (χ1) is 14.9. The van der Waals surface area contributed by atoms with Crippen LogP contribution in [-0.4, -0.2) is 45.9 Å². The lowest BCUT2D eigenvalue weighted by Crippen LogP contribution is -2.46. The number of carbonyl (C=O) groups excluding carboxylic acids is 1. The van der Waals surface area contributed by atoms with Gasteiger partial charge < -0.3 is 20.3 Å². The minimum atomic E-state index is -0.284. The molecule has 0 radical (unpaired) electrons. The number of morpholine rings is 1. The summed E-state index contributed by atoms with van der Waals surface area (Å²) in [4.78, 5) is 15.3. The van der Waals surface area contributed by atoms with Crippen molar-refractivity contribution >= 4 is 23.1 Å². The molecular weight excluding hydrogens is 392 g/mol. The lowest BCUT2D eigenvalue weighted by molar-refractivity contribution is -0.00517. The molecule has 1 aliphatic heterocycles. The largest absolute Gasteiger partial charge is 0.372 e. The minimum Gasteiger partial charge on any atom is -0.372 e. The number of nitrogens with zero attached hydrogens (tertiary/aromatic N) is 4. The van der Waals surface area contributed by atoms with Gasteiger partial charge in [-0.1, -0.05) is 32.0 Å². The van der Waals surface area contributed by atoms with Gasteiger partial charge in [0.15, 0.2) is 11.5 Å². The van der Waals surface area contributed by atoms with Crippen LogP contribution in [0.4, 0.5) is 16.2 Å². The molecule has 0 bridgehead atoms. The summed E-state index contributed by atoms with van der Waals surface area (Å²) in [5.41, 5.74) is 2.52. The predicted octanol–water partition coefficient (Wildman–Crippen LogP) is 3.86. The monoisotopic (exact) mass is 422 g/mol. The van der Waals surface area contributed by atoms with Gasteiger partial charge in [-0.05, 0) is 44.0 Å². The van der Waals surface area contributed by atoms with Crippen LogP contribution >= 0.6 is 0 Å². The molecule has 0 aliphatic carbocycles. The molecule has 1 aromatic carbocycles. The van der Waals surface area contributed by atoms with E-state index in [-0.39, 0.29) is 30.2 Å². The zero-order valence-corrected chi connectivity index (χ0v) is 18.4. The predicted molar refractivity (Wildman–Crippen MR) is 121 cm³/mol. The average molecular weight is 423 g/mol. The van der Waals surface area contributed by atoms with E-state index in [1.165, 1.54) is 0 Å². The smallest absolute Gasteiger partial charge is 0.319 e. The van der Waals surface area contributed by atoms with Crippen molar-refractivity contribution in [3.8, 4) is 0 Å². The summed E-state index contributed by atoms with van der Waals surface area (Å²) in [6.45, 7) is 9.82. The highest BCUT2D eigenvalue weighted by Crippen LogP contribution is 2.29. The summed E-state index contributed by atoms with van der Waals surface area (Å²) >= 11 is 0. The molecule has 2 N–H and O–H groups in total. The first-order valence-corrected chi connectivity index (χ1v) is 10.8.